The first-order chi connectivity index (χ1) is 18.9. The average Bonchev–Trinajstić information content (AvgIpc) is 2.97. The van der Waals surface area contributed by atoms with Gasteiger partial charge in [-0.1, -0.05) is 24.3 Å². The molecule has 39 heavy (non-hydrogen) atoms. The summed E-state index contributed by atoms with van der Waals surface area (Å²) in [6.07, 6.45) is 4.36. The summed E-state index contributed by atoms with van der Waals surface area (Å²) in [5, 5.41) is 22.5. The van der Waals surface area contributed by atoms with Crippen LogP contribution >= 0.6 is 0 Å². The zero-order valence-electron chi connectivity index (χ0n) is 21.1. The van der Waals surface area contributed by atoms with Gasteiger partial charge in [0.25, 0.3) is 10.0 Å². The monoisotopic (exact) mass is 540 g/mol. The Kier molecular flexibility index (Phi) is 7.89. The molecule has 0 bridgehead atoms. The fourth-order valence-corrected chi connectivity index (χ4v) is 5.61. The third-order valence-electron chi connectivity index (χ3n) is 6.61. The first-order valence-corrected chi connectivity index (χ1v) is 14.1. The molecule has 0 saturated heterocycles. The van der Waals surface area contributed by atoms with Gasteiger partial charge in [-0.05, 0) is 84.1 Å². The van der Waals surface area contributed by atoms with Crippen LogP contribution < -0.4 is 14.8 Å². The van der Waals surface area contributed by atoms with Gasteiger partial charge in [0.1, 0.15) is 11.9 Å². The summed E-state index contributed by atoms with van der Waals surface area (Å²) < 4.78 is 34.8. The van der Waals surface area contributed by atoms with Gasteiger partial charge in [-0.25, -0.2) is 8.42 Å². The van der Waals surface area contributed by atoms with E-state index in [-0.39, 0.29) is 11.0 Å². The molecular weight excluding hydrogens is 512 g/mol. The van der Waals surface area contributed by atoms with Gasteiger partial charge in [-0.3, -0.25) is 9.71 Å². The second kappa shape index (κ2) is 11.7. The molecule has 8 nitrogen and oxygen atoms in total. The predicted octanol–water partition coefficient (Wildman–Crippen LogP) is 4.44. The van der Waals surface area contributed by atoms with Crippen LogP contribution in [0.15, 0.2) is 96.2 Å². The Labute approximate surface area is 228 Å². The van der Waals surface area contributed by atoms with E-state index in [9.17, 15) is 13.5 Å². The van der Waals surface area contributed by atoms with Gasteiger partial charge >= 0.3 is 0 Å². The average molecular weight is 541 g/mol. The topological polar surface area (TPSA) is 124 Å². The number of nitrogens with one attached hydrogen (secondary N) is 2. The largest absolute Gasteiger partial charge is 0.489 e. The highest BCUT2D eigenvalue weighted by molar-refractivity contribution is 7.92. The van der Waals surface area contributed by atoms with Gasteiger partial charge in [0, 0.05) is 36.7 Å². The highest BCUT2D eigenvalue weighted by Crippen LogP contribution is 2.33. The van der Waals surface area contributed by atoms with Gasteiger partial charge in [-0.2, -0.15) is 5.26 Å². The van der Waals surface area contributed by atoms with Crippen molar-refractivity contribution in [2.75, 3.05) is 17.8 Å². The molecule has 9 heteroatoms. The Hall–Kier alpha value is -4.23. The molecule has 2 atom stereocenters. The van der Waals surface area contributed by atoms with Crippen molar-refractivity contribution >= 4 is 15.7 Å². The highest BCUT2D eigenvalue weighted by Gasteiger charge is 2.21. The highest BCUT2D eigenvalue weighted by atomic mass is 32.2. The van der Waals surface area contributed by atoms with Gasteiger partial charge in [-0.15, -0.1) is 0 Å². The lowest BCUT2D eigenvalue weighted by Gasteiger charge is -2.27. The summed E-state index contributed by atoms with van der Waals surface area (Å²) in [6, 6.07) is 24.6. The molecule has 4 aromatic rings. The van der Waals surface area contributed by atoms with Crippen LogP contribution in [0.4, 0.5) is 5.69 Å². The number of pyridine rings is 1. The molecule has 0 amide bonds. The number of ether oxygens (including phenoxy) is 1. The van der Waals surface area contributed by atoms with E-state index in [1.54, 1.807) is 60.9 Å². The Balaban J connectivity index is 1.22. The van der Waals surface area contributed by atoms with E-state index in [1.807, 2.05) is 36.4 Å². The Morgan fingerprint density at radius 1 is 1.05 bits per heavy atom. The number of nitriles is 1. The van der Waals surface area contributed by atoms with Crippen molar-refractivity contribution in [1.29, 1.82) is 5.26 Å². The fourth-order valence-electron chi connectivity index (χ4n) is 4.51. The van der Waals surface area contributed by atoms with E-state index >= 15 is 0 Å². The third-order valence-corrected chi connectivity index (χ3v) is 7.99. The molecule has 1 aliphatic heterocycles. The number of aliphatic hydroxyl groups excluding tert-OH is 1. The molecule has 3 N–H and O–H groups in total. The van der Waals surface area contributed by atoms with E-state index < -0.39 is 16.1 Å². The van der Waals surface area contributed by atoms with Crippen LogP contribution in [0.25, 0.3) is 11.1 Å². The number of hydrogen-bond acceptors (Lipinski definition) is 7. The van der Waals surface area contributed by atoms with Crippen LogP contribution in [0.5, 0.6) is 5.75 Å². The minimum absolute atomic E-state index is 0.00813. The van der Waals surface area contributed by atoms with Gasteiger partial charge in [0.15, 0.2) is 0 Å². The predicted molar refractivity (Wildman–Crippen MR) is 149 cm³/mol. The van der Waals surface area contributed by atoms with Crippen molar-refractivity contribution in [3.63, 3.8) is 0 Å². The van der Waals surface area contributed by atoms with Crippen molar-refractivity contribution in [2.24, 2.45) is 0 Å². The van der Waals surface area contributed by atoms with Crippen molar-refractivity contribution in [3.8, 4) is 22.9 Å². The van der Waals surface area contributed by atoms with Crippen molar-refractivity contribution in [3.05, 3.63) is 108 Å². The lowest BCUT2D eigenvalue weighted by atomic mass is 9.97. The second-order valence-corrected chi connectivity index (χ2v) is 11.1. The zero-order valence-corrected chi connectivity index (χ0v) is 21.9. The standard InChI is InChI=1S/C30H28N4O4S/c31-17-21-6-10-26(11-7-21)34-39(36,37)28-5-1-3-22(16-28)23-9-13-30-24(15-23)8-12-27(38-30)19-33-20-29(35)25-4-2-14-32-18-25/h1-7,9-11,13-16,18,27,29,33-35H,8,12,19-20H2/t27-,29+/m1/s1. The van der Waals surface area contributed by atoms with Crippen molar-refractivity contribution in [1.82, 2.24) is 10.3 Å². The van der Waals surface area contributed by atoms with E-state index in [4.69, 9.17) is 10.00 Å². The van der Waals surface area contributed by atoms with Crippen LogP contribution in [0.3, 0.4) is 0 Å². The molecular formula is C30H28N4O4S. The molecule has 0 unspecified atom stereocenters. The minimum atomic E-state index is -3.81. The number of anilines is 1. The molecule has 3 aromatic carbocycles. The number of hydrogen-bond donors (Lipinski definition) is 3. The number of sulfonamides is 1. The Morgan fingerprint density at radius 2 is 1.87 bits per heavy atom. The summed E-state index contributed by atoms with van der Waals surface area (Å²) in [6.45, 7) is 1.03. The number of benzene rings is 3. The van der Waals surface area contributed by atoms with Crippen molar-refractivity contribution < 1.29 is 18.3 Å². The molecule has 2 heterocycles. The first kappa shape index (κ1) is 26.4. The van der Waals surface area contributed by atoms with E-state index in [0.717, 1.165) is 40.8 Å². The van der Waals surface area contributed by atoms with Gasteiger partial charge in [0.05, 0.1) is 22.6 Å². The van der Waals surface area contributed by atoms with E-state index in [2.05, 4.69) is 15.0 Å². The summed E-state index contributed by atoms with van der Waals surface area (Å²) >= 11 is 0. The third kappa shape index (κ3) is 6.44. The van der Waals surface area contributed by atoms with E-state index in [0.29, 0.717) is 24.3 Å². The first-order valence-electron chi connectivity index (χ1n) is 12.6. The minimum Gasteiger partial charge on any atom is -0.489 e. The second-order valence-electron chi connectivity index (χ2n) is 9.38. The summed E-state index contributed by atoms with van der Waals surface area (Å²) in [5.74, 6) is 0.816. The summed E-state index contributed by atoms with van der Waals surface area (Å²) in [7, 11) is -3.81. The van der Waals surface area contributed by atoms with Crippen LogP contribution in [0.2, 0.25) is 0 Å². The van der Waals surface area contributed by atoms with Crippen LogP contribution in [0, 0.1) is 11.3 Å². The summed E-state index contributed by atoms with van der Waals surface area (Å²) in [4.78, 5) is 4.19. The molecule has 1 aromatic heterocycles. The number of aromatic nitrogens is 1. The maximum Gasteiger partial charge on any atom is 0.261 e. The van der Waals surface area contributed by atoms with Crippen LogP contribution in [-0.2, 0) is 16.4 Å². The molecule has 0 spiro atoms. The lowest BCUT2D eigenvalue weighted by molar-refractivity contribution is 0.146. The fraction of sp³-hybridized carbons (Fsp3) is 0.200. The van der Waals surface area contributed by atoms with Gasteiger partial charge < -0.3 is 15.2 Å². The Morgan fingerprint density at radius 3 is 2.64 bits per heavy atom. The normalized spacial score (nSPS) is 15.4. The number of fused-ring (bicyclic) bond motifs is 1. The SMILES string of the molecule is N#Cc1ccc(NS(=O)(=O)c2cccc(-c3ccc4c(c3)CC[C@H](CNC[C@H](O)c3cccnc3)O4)c2)cc1. The number of aliphatic hydroxyl groups is 1. The van der Waals surface area contributed by atoms with Crippen molar-refractivity contribution in [2.45, 2.75) is 29.9 Å². The lowest BCUT2D eigenvalue weighted by Crippen LogP contribution is -2.36. The maximum absolute atomic E-state index is 13.0. The Bertz CT molecular complexity index is 1590. The zero-order chi connectivity index (χ0) is 27.2. The maximum atomic E-state index is 13.0. The summed E-state index contributed by atoms with van der Waals surface area (Å²) in [5.41, 5.74) is 4.38. The molecule has 198 valence electrons. The molecule has 1 aliphatic rings. The molecule has 0 aliphatic carbocycles. The molecule has 0 radical (unpaired) electrons. The molecule has 5 rings (SSSR count). The van der Waals surface area contributed by atoms with Gasteiger partial charge in [0.2, 0.25) is 0 Å². The number of nitrogens with zero attached hydrogens (tertiary/aromatic N) is 2. The number of rotatable bonds is 9. The smallest absolute Gasteiger partial charge is 0.261 e. The molecule has 0 saturated carbocycles. The molecule has 0 fully saturated rings. The quantitative estimate of drug-likeness (QED) is 0.287. The van der Waals surface area contributed by atoms with Crippen LogP contribution in [0.1, 0.15) is 29.2 Å². The number of aryl methyl sites for hydroxylation is 1. The van der Waals surface area contributed by atoms with Crippen LogP contribution in [-0.4, -0.2) is 37.7 Å². The van der Waals surface area contributed by atoms with E-state index in [1.165, 1.54) is 0 Å².